The smallest absolute Gasteiger partial charge is 0.0696 e. The molecule has 0 aromatic carbocycles. The topological polar surface area (TPSA) is 38.7 Å². The molecule has 2 N–H and O–H groups in total. The van der Waals surface area contributed by atoms with Gasteiger partial charge in [-0.25, -0.2) is 0 Å². The van der Waals surface area contributed by atoms with Crippen LogP contribution < -0.4 is 5.32 Å². The van der Waals surface area contributed by atoms with Crippen LogP contribution in [0.4, 0.5) is 0 Å². The summed E-state index contributed by atoms with van der Waals surface area (Å²) in [6, 6.07) is 0. The number of aliphatic hydroxyl groups is 1. The quantitative estimate of drug-likeness (QED) is 0.688. The number of β-amino-alcohol motifs (C(OH)–C–C–N with tert-alkyl or cyclic N) is 1. The third-order valence-electron chi connectivity index (χ3n) is 3.96. The molecule has 16 heavy (non-hydrogen) atoms. The Kier molecular flexibility index (Phi) is 4.58. The molecule has 2 fully saturated rings. The summed E-state index contributed by atoms with van der Waals surface area (Å²) in [5, 5.41) is 13.6. The molecule has 2 aliphatic heterocycles. The molecule has 0 radical (unpaired) electrons. The van der Waals surface area contributed by atoms with Crippen molar-refractivity contribution in [3.05, 3.63) is 0 Å². The van der Waals surface area contributed by atoms with Crippen LogP contribution in [0.1, 0.15) is 12.8 Å². The number of piperazine rings is 1. The van der Waals surface area contributed by atoms with Gasteiger partial charge in [0.05, 0.1) is 6.10 Å². The largest absolute Gasteiger partial charge is 0.392 e. The fourth-order valence-corrected chi connectivity index (χ4v) is 2.72. The highest BCUT2D eigenvalue weighted by Gasteiger charge is 2.25. The highest BCUT2D eigenvalue weighted by Crippen LogP contribution is 2.20. The second kappa shape index (κ2) is 5.96. The van der Waals surface area contributed by atoms with Crippen molar-refractivity contribution in [2.45, 2.75) is 18.9 Å². The number of nitrogens with zero attached hydrogens (tertiary/aromatic N) is 2. The molecule has 0 spiro atoms. The minimum absolute atomic E-state index is 0.119. The van der Waals surface area contributed by atoms with Crippen LogP contribution in [-0.4, -0.2) is 73.9 Å². The van der Waals surface area contributed by atoms with Gasteiger partial charge < -0.3 is 15.3 Å². The Bertz CT molecular complexity index is 198. The van der Waals surface area contributed by atoms with Gasteiger partial charge in [0.2, 0.25) is 0 Å². The van der Waals surface area contributed by atoms with Gasteiger partial charge in [0.15, 0.2) is 0 Å². The van der Waals surface area contributed by atoms with E-state index in [9.17, 15) is 5.11 Å². The molecule has 2 rings (SSSR count). The van der Waals surface area contributed by atoms with Gasteiger partial charge in [-0.05, 0) is 38.9 Å². The minimum Gasteiger partial charge on any atom is -0.392 e. The highest BCUT2D eigenvalue weighted by molar-refractivity contribution is 4.79. The Hall–Kier alpha value is -0.160. The highest BCUT2D eigenvalue weighted by atomic mass is 16.3. The monoisotopic (exact) mass is 227 g/mol. The van der Waals surface area contributed by atoms with Crippen molar-refractivity contribution in [1.29, 1.82) is 0 Å². The molecular weight excluding hydrogens is 202 g/mol. The van der Waals surface area contributed by atoms with Crippen LogP contribution in [0.25, 0.3) is 0 Å². The van der Waals surface area contributed by atoms with E-state index in [2.05, 4.69) is 22.2 Å². The standard InChI is InChI=1S/C12H25N3O/c1-14-6-2-11(3-7-14)12(16)10-15-8-4-13-5-9-15/h11-13,16H,2-10H2,1H3. The molecule has 1 unspecified atom stereocenters. The van der Waals surface area contributed by atoms with E-state index in [1.54, 1.807) is 0 Å². The third kappa shape index (κ3) is 3.42. The fourth-order valence-electron chi connectivity index (χ4n) is 2.72. The molecular formula is C12H25N3O. The van der Waals surface area contributed by atoms with Crippen molar-refractivity contribution < 1.29 is 5.11 Å². The lowest BCUT2D eigenvalue weighted by Crippen LogP contribution is -2.48. The van der Waals surface area contributed by atoms with Gasteiger partial charge in [0, 0.05) is 32.7 Å². The number of hydrogen-bond acceptors (Lipinski definition) is 4. The van der Waals surface area contributed by atoms with Crippen molar-refractivity contribution in [1.82, 2.24) is 15.1 Å². The Morgan fingerprint density at radius 1 is 1.19 bits per heavy atom. The fraction of sp³-hybridized carbons (Fsp3) is 1.00. The predicted molar refractivity (Wildman–Crippen MR) is 65.5 cm³/mol. The van der Waals surface area contributed by atoms with Crippen molar-refractivity contribution in [3.63, 3.8) is 0 Å². The molecule has 0 aromatic rings. The summed E-state index contributed by atoms with van der Waals surface area (Å²) in [5.74, 6) is 0.520. The molecule has 2 aliphatic rings. The summed E-state index contributed by atoms with van der Waals surface area (Å²) in [7, 11) is 2.17. The van der Waals surface area contributed by atoms with Crippen LogP contribution in [0.2, 0.25) is 0 Å². The zero-order valence-electron chi connectivity index (χ0n) is 10.4. The number of rotatable bonds is 3. The molecule has 2 heterocycles. The SMILES string of the molecule is CN1CCC(C(O)CN2CCNCC2)CC1. The lowest BCUT2D eigenvalue weighted by Gasteiger charge is -2.35. The first kappa shape index (κ1) is 12.3. The van der Waals surface area contributed by atoms with E-state index in [0.717, 1.165) is 58.7 Å². The van der Waals surface area contributed by atoms with E-state index in [4.69, 9.17) is 0 Å². The first-order valence-electron chi connectivity index (χ1n) is 6.55. The number of likely N-dealkylation sites (tertiary alicyclic amines) is 1. The van der Waals surface area contributed by atoms with Crippen molar-refractivity contribution in [3.8, 4) is 0 Å². The van der Waals surface area contributed by atoms with Crippen molar-refractivity contribution >= 4 is 0 Å². The van der Waals surface area contributed by atoms with E-state index in [1.165, 1.54) is 0 Å². The molecule has 0 amide bonds. The Morgan fingerprint density at radius 2 is 1.81 bits per heavy atom. The maximum atomic E-state index is 10.2. The van der Waals surface area contributed by atoms with E-state index in [-0.39, 0.29) is 6.10 Å². The summed E-state index contributed by atoms with van der Waals surface area (Å²) < 4.78 is 0. The molecule has 4 nitrogen and oxygen atoms in total. The zero-order valence-corrected chi connectivity index (χ0v) is 10.4. The Labute approximate surface area is 98.6 Å². The van der Waals surface area contributed by atoms with Gasteiger partial charge in [-0.15, -0.1) is 0 Å². The second-order valence-corrected chi connectivity index (χ2v) is 5.26. The summed E-state index contributed by atoms with van der Waals surface area (Å²) in [4.78, 5) is 4.74. The Morgan fingerprint density at radius 3 is 2.44 bits per heavy atom. The van der Waals surface area contributed by atoms with Gasteiger partial charge in [-0.3, -0.25) is 4.90 Å². The van der Waals surface area contributed by atoms with Crippen LogP contribution in [0.3, 0.4) is 0 Å². The second-order valence-electron chi connectivity index (χ2n) is 5.26. The molecule has 0 aromatic heterocycles. The maximum Gasteiger partial charge on any atom is 0.0696 e. The van der Waals surface area contributed by atoms with Gasteiger partial charge in [-0.1, -0.05) is 0 Å². The summed E-state index contributed by atoms with van der Waals surface area (Å²) in [5.41, 5.74) is 0. The van der Waals surface area contributed by atoms with E-state index in [0.29, 0.717) is 5.92 Å². The maximum absolute atomic E-state index is 10.2. The zero-order chi connectivity index (χ0) is 11.4. The van der Waals surface area contributed by atoms with E-state index in [1.807, 2.05) is 0 Å². The van der Waals surface area contributed by atoms with Crippen LogP contribution in [-0.2, 0) is 0 Å². The average Bonchev–Trinajstić information content (AvgIpc) is 2.31. The molecule has 2 saturated heterocycles. The van der Waals surface area contributed by atoms with Crippen LogP contribution in [0, 0.1) is 5.92 Å². The molecule has 94 valence electrons. The number of piperidine rings is 1. The minimum atomic E-state index is -0.119. The van der Waals surface area contributed by atoms with Crippen LogP contribution >= 0.6 is 0 Å². The van der Waals surface area contributed by atoms with E-state index < -0.39 is 0 Å². The predicted octanol–water partition coefficient (Wildman–Crippen LogP) is -0.406. The number of hydrogen-bond donors (Lipinski definition) is 2. The lowest BCUT2D eigenvalue weighted by molar-refractivity contribution is 0.0328. The van der Waals surface area contributed by atoms with Gasteiger partial charge >= 0.3 is 0 Å². The van der Waals surface area contributed by atoms with Gasteiger partial charge in [-0.2, -0.15) is 0 Å². The summed E-state index contributed by atoms with van der Waals surface area (Å²) in [6.45, 7) is 7.47. The van der Waals surface area contributed by atoms with Gasteiger partial charge in [0.25, 0.3) is 0 Å². The molecule has 0 aliphatic carbocycles. The Balaban J connectivity index is 1.72. The number of aliphatic hydroxyl groups excluding tert-OH is 1. The lowest BCUT2D eigenvalue weighted by atomic mass is 9.91. The average molecular weight is 227 g/mol. The number of nitrogens with one attached hydrogen (secondary N) is 1. The van der Waals surface area contributed by atoms with Crippen molar-refractivity contribution in [2.24, 2.45) is 5.92 Å². The molecule has 0 bridgehead atoms. The molecule has 4 heteroatoms. The first-order chi connectivity index (χ1) is 7.75. The third-order valence-corrected chi connectivity index (χ3v) is 3.96. The van der Waals surface area contributed by atoms with Gasteiger partial charge in [0.1, 0.15) is 0 Å². The van der Waals surface area contributed by atoms with Crippen molar-refractivity contribution in [2.75, 3.05) is 52.9 Å². The first-order valence-corrected chi connectivity index (χ1v) is 6.55. The summed E-state index contributed by atoms with van der Waals surface area (Å²) >= 11 is 0. The normalized spacial score (nSPS) is 28.1. The summed E-state index contributed by atoms with van der Waals surface area (Å²) in [6.07, 6.45) is 2.19. The van der Waals surface area contributed by atoms with Crippen LogP contribution in [0.15, 0.2) is 0 Å². The molecule has 0 saturated carbocycles. The molecule has 1 atom stereocenters. The van der Waals surface area contributed by atoms with E-state index >= 15 is 0 Å². The van der Waals surface area contributed by atoms with Crippen LogP contribution in [0.5, 0.6) is 0 Å².